The van der Waals surface area contributed by atoms with Crippen molar-refractivity contribution in [2.24, 2.45) is 5.73 Å². The fraction of sp³-hybridized carbons (Fsp3) is 0.200. The van der Waals surface area contributed by atoms with E-state index in [1.54, 1.807) is 0 Å². The molecular weight excluding hydrogens is 228 g/mol. The van der Waals surface area contributed by atoms with E-state index in [9.17, 15) is 0 Å². The second-order valence-electron chi connectivity index (χ2n) is 2.94. The average Bonchev–Trinajstić information content (AvgIpc) is 2.08. The van der Waals surface area contributed by atoms with Crippen LogP contribution in [-0.4, -0.2) is 4.90 Å². The molecule has 2 nitrogen and oxygen atoms in total. The number of rotatable bonds is 1. The molecule has 0 fully saturated rings. The summed E-state index contributed by atoms with van der Waals surface area (Å²) in [6.07, 6.45) is 5.85. The minimum Gasteiger partial charge on any atom is -0.401 e. The molecule has 0 bridgehead atoms. The minimum absolute atomic E-state index is 0.799. The van der Waals surface area contributed by atoms with Gasteiger partial charge in [0.15, 0.2) is 0 Å². The van der Waals surface area contributed by atoms with Crippen LogP contribution in [0.3, 0.4) is 0 Å². The molecule has 70 valence electrons. The predicted molar refractivity (Wildman–Crippen MR) is 59.7 cm³/mol. The van der Waals surface area contributed by atoms with E-state index < -0.39 is 0 Å². The third kappa shape index (κ3) is 2.04. The highest BCUT2D eigenvalue weighted by molar-refractivity contribution is 9.12. The van der Waals surface area contributed by atoms with Crippen molar-refractivity contribution in [2.75, 3.05) is 0 Å². The van der Waals surface area contributed by atoms with Crippen LogP contribution < -0.4 is 5.73 Å². The maximum Gasteiger partial charge on any atom is 0.0523 e. The molecule has 0 unspecified atom stereocenters. The molecule has 1 aliphatic rings. The van der Waals surface area contributed by atoms with Gasteiger partial charge in [0.1, 0.15) is 0 Å². The summed E-state index contributed by atoms with van der Waals surface area (Å²) in [5.41, 5.74) is 8.41. The summed E-state index contributed by atoms with van der Waals surface area (Å²) in [6.45, 7) is 7.80. The third-order valence-corrected chi connectivity index (χ3v) is 2.70. The van der Waals surface area contributed by atoms with Crippen molar-refractivity contribution in [1.29, 1.82) is 0 Å². The van der Waals surface area contributed by atoms with E-state index >= 15 is 0 Å². The Morgan fingerprint density at radius 1 is 1.54 bits per heavy atom. The van der Waals surface area contributed by atoms with Gasteiger partial charge in [-0.2, -0.15) is 0 Å². The lowest BCUT2D eigenvalue weighted by atomic mass is 10.2. The van der Waals surface area contributed by atoms with Gasteiger partial charge in [-0.15, -0.1) is 0 Å². The smallest absolute Gasteiger partial charge is 0.0523 e. The predicted octanol–water partition coefficient (Wildman–Crippen LogP) is 2.82. The molecule has 3 heteroatoms. The zero-order chi connectivity index (χ0) is 10.0. The normalized spacial score (nSPS) is 18.5. The van der Waals surface area contributed by atoms with Gasteiger partial charge in [-0.1, -0.05) is 6.58 Å². The molecule has 1 rings (SSSR count). The van der Waals surface area contributed by atoms with E-state index in [0.717, 1.165) is 21.6 Å². The lowest BCUT2D eigenvalue weighted by molar-refractivity contribution is 0.580. The van der Waals surface area contributed by atoms with E-state index in [-0.39, 0.29) is 0 Å². The Morgan fingerprint density at radius 2 is 2.15 bits per heavy atom. The maximum absolute atomic E-state index is 5.70. The minimum atomic E-state index is 0.799. The number of nitrogens with two attached hydrogens (primary N) is 1. The highest BCUT2D eigenvalue weighted by Gasteiger charge is 2.12. The van der Waals surface area contributed by atoms with Crippen molar-refractivity contribution in [3.63, 3.8) is 0 Å². The third-order valence-electron chi connectivity index (χ3n) is 1.98. The highest BCUT2D eigenvalue weighted by Crippen LogP contribution is 2.27. The second-order valence-corrected chi connectivity index (χ2v) is 3.80. The Bertz CT molecular complexity index is 320. The maximum atomic E-state index is 5.70. The van der Waals surface area contributed by atoms with Crippen molar-refractivity contribution in [3.05, 3.63) is 46.5 Å². The van der Waals surface area contributed by atoms with Crippen LogP contribution in [0.2, 0.25) is 0 Å². The molecule has 0 atom stereocenters. The Labute approximate surface area is 87.2 Å². The summed E-state index contributed by atoms with van der Waals surface area (Å²) >= 11 is 3.42. The van der Waals surface area contributed by atoms with E-state index in [4.69, 9.17) is 5.73 Å². The van der Waals surface area contributed by atoms with Gasteiger partial charge in [0.2, 0.25) is 0 Å². The van der Waals surface area contributed by atoms with Crippen LogP contribution in [-0.2, 0) is 0 Å². The van der Waals surface area contributed by atoms with Crippen molar-refractivity contribution >= 4 is 15.9 Å². The highest BCUT2D eigenvalue weighted by atomic mass is 79.9. The Morgan fingerprint density at radius 3 is 2.69 bits per heavy atom. The first-order valence-corrected chi connectivity index (χ1v) is 4.78. The molecule has 0 aromatic rings. The van der Waals surface area contributed by atoms with Gasteiger partial charge in [0.05, 0.1) is 5.70 Å². The van der Waals surface area contributed by atoms with Crippen LogP contribution >= 0.6 is 15.9 Å². The number of allylic oxidation sites excluding steroid dienone is 5. The van der Waals surface area contributed by atoms with Crippen molar-refractivity contribution in [1.82, 2.24) is 4.90 Å². The summed E-state index contributed by atoms with van der Waals surface area (Å²) in [5, 5.41) is 0. The number of hydrogen-bond acceptors (Lipinski definition) is 2. The molecule has 0 amide bonds. The summed E-state index contributed by atoms with van der Waals surface area (Å²) in [7, 11) is 0. The molecule has 1 aliphatic heterocycles. The summed E-state index contributed by atoms with van der Waals surface area (Å²) in [6, 6.07) is 0. The van der Waals surface area contributed by atoms with Crippen LogP contribution in [0.1, 0.15) is 13.8 Å². The zero-order valence-electron chi connectivity index (χ0n) is 7.84. The van der Waals surface area contributed by atoms with E-state index in [1.165, 1.54) is 0 Å². The van der Waals surface area contributed by atoms with Crippen molar-refractivity contribution in [3.8, 4) is 0 Å². The molecule has 0 aromatic heterocycles. The average molecular weight is 241 g/mol. The number of hydrogen-bond donors (Lipinski definition) is 1. The Hall–Kier alpha value is -0.960. The van der Waals surface area contributed by atoms with E-state index in [2.05, 4.69) is 22.5 Å². The molecule has 0 saturated heterocycles. The lowest BCUT2D eigenvalue weighted by Gasteiger charge is -2.26. The zero-order valence-corrected chi connectivity index (χ0v) is 9.43. The van der Waals surface area contributed by atoms with E-state index in [0.29, 0.717) is 0 Å². The number of halogens is 1. The Balaban J connectivity index is 2.99. The van der Waals surface area contributed by atoms with Gasteiger partial charge < -0.3 is 10.6 Å². The molecule has 0 spiro atoms. The monoisotopic (exact) mass is 240 g/mol. The first kappa shape index (κ1) is 10.1. The molecule has 0 aromatic carbocycles. The molecular formula is C10H13BrN2. The largest absolute Gasteiger partial charge is 0.401 e. The fourth-order valence-electron chi connectivity index (χ4n) is 1.02. The van der Waals surface area contributed by atoms with Gasteiger partial charge in [0.25, 0.3) is 0 Å². The van der Waals surface area contributed by atoms with Crippen LogP contribution in [0.5, 0.6) is 0 Å². The second kappa shape index (κ2) is 3.83. The van der Waals surface area contributed by atoms with E-state index in [1.807, 2.05) is 37.1 Å². The van der Waals surface area contributed by atoms with Crippen LogP contribution in [0.15, 0.2) is 46.5 Å². The van der Waals surface area contributed by atoms with Gasteiger partial charge in [0, 0.05) is 22.1 Å². The van der Waals surface area contributed by atoms with Crippen molar-refractivity contribution < 1.29 is 0 Å². The van der Waals surface area contributed by atoms with Gasteiger partial charge >= 0.3 is 0 Å². The van der Waals surface area contributed by atoms with Crippen LogP contribution in [0.4, 0.5) is 0 Å². The first-order chi connectivity index (χ1) is 6.04. The first-order valence-electron chi connectivity index (χ1n) is 3.99. The van der Waals surface area contributed by atoms with Crippen LogP contribution in [0.25, 0.3) is 0 Å². The van der Waals surface area contributed by atoms with Crippen molar-refractivity contribution in [2.45, 2.75) is 13.8 Å². The lowest BCUT2D eigenvalue weighted by Crippen LogP contribution is -2.18. The standard InChI is InChI=1S/C10H13BrN2/c1-7(12)8(2)13-6-4-5-10(11)9(13)3/h4-6H,3,12H2,1-2H3/b8-7+. The molecule has 13 heavy (non-hydrogen) atoms. The quantitative estimate of drug-likeness (QED) is 0.764. The molecule has 0 radical (unpaired) electrons. The summed E-state index contributed by atoms with van der Waals surface area (Å²) in [5.74, 6) is 0. The SMILES string of the molecule is C=C1C(Br)=CC=CN1/C(C)=C(\C)N. The van der Waals surface area contributed by atoms with Gasteiger partial charge in [-0.25, -0.2) is 0 Å². The summed E-state index contributed by atoms with van der Waals surface area (Å²) in [4.78, 5) is 1.96. The van der Waals surface area contributed by atoms with Crippen LogP contribution in [0, 0.1) is 0 Å². The number of nitrogens with zero attached hydrogens (tertiary/aromatic N) is 1. The topological polar surface area (TPSA) is 29.3 Å². The Kier molecular flexibility index (Phi) is 2.98. The van der Waals surface area contributed by atoms with Gasteiger partial charge in [-0.3, -0.25) is 0 Å². The molecule has 0 saturated carbocycles. The fourth-order valence-corrected chi connectivity index (χ4v) is 1.36. The summed E-state index contributed by atoms with van der Waals surface area (Å²) < 4.78 is 0.982. The molecule has 1 heterocycles. The molecule has 0 aliphatic carbocycles. The molecule has 2 N–H and O–H groups in total. The van der Waals surface area contributed by atoms with Gasteiger partial charge in [-0.05, 0) is 41.9 Å².